The number of nitrogens with zero attached hydrogens (tertiary/aromatic N) is 3. The first-order chi connectivity index (χ1) is 13.1. The van der Waals surface area contributed by atoms with E-state index in [-0.39, 0.29) is 5.91 Å². The van der Waals surface area contributed by atoms with Gasteiger partial charge in [0.05, 0.1) is 23.5 Å². The molecule has 0 aliphatic carbocycles. The van der Waals surface area contributed by atoms with Gasteiger partial charge in [-0.05, 0) is 59.1 Å². The van der Waals surface area contributed by atoms with E-state index in [4.69, 9.17) is 0 Å². The van der Waals surface area contributed by atoms with Crippen LogP contribution in [-0.4, -0.2) is 43.5 Å². The van der Waals surface area contributed by atoms with Crippen molar-refractivity contribution in [1.29, 1.82) is 5.26 Å². The monoisotopic (exact) mass is 426 g/mol. The van der Waals surface area contributed by atoms with Gasteiger partial charge in [0, 0.05) is 30.7 Å². The summed E-state index contributed by atoms with van der Waals surface area (Å²) in [6, 6.07) is 15.9. The summed E-state index contributed by atoms with van der Waals surface area (Å²) in [6.07, 6.45) is 0.960. The van der Waals surface area contributed by atoms with Crippen LogP contribution in [0.15, 0.2) is 46.9 Å². The second-order valence-electron chi connectivity index (χ2n) is 6.78. The Morgan fingerprint density at radius 1 is 1.19 bits per heavy atom. The molecule has 1 amide bonds. The number of amides is 1. The van der Waals surface area contributed by atoms with E-state index in [2.05, 4.69) is 37.1 Å². The van der Waals surface area contributed by atoms with Crippen LogP contribution in [0.1, 0.15) is 17.5 Å². The fraction of sp³-hybridized carbons (Fsp3) is 0.333. The number of nitrogens with one attached hydrogen (secondary N) is 1. The first kappa shape index (κ1) is 19.4. The summed E-state index contributed by atoms with van der Waals surface area (Å²) in [5, 5.41) is 12.3. The molecular weight excluding hydrogens is 404 g/mol. The summed E-state index contributed by atoms with van der Waals surface area (Å²) in [6.45, 7) is 5.74. The number of halogens is 1. The summed E-state index contributed by atoms with van der Waals surface area (Å²) in [5.74, 6) is -0.00886. The minimum absolute atomic E-state index is 0.00886. The van der Waals surface area contributed by atoms with Gasteiger partial charge in [-0.15, -0.1) is 0 Å². The third kappa shape index (κ3) is 5.09. The van der Waals surface area contributed by atoms with E-state index < -0.39 is 0 Å². The Bertz CT molecular complexity index is 862. The van der Waals surface area contributed by atoms with Crippen LogP contribution < -0.4 is 10.2 Å². The van der Waals surface area contributed by atoms with Gasteiger partial charge in [0.25, 0.3) is 0 Å². The van der Waals surface area contributed by atoms with Gasteiger partial charge >= 0.3 is 0 Å². The zero-order valence-corrected chi connectivity index (χ0v) is 17.0. The highest BCUT2D eigenvalue weighted by Crippen LogP contribution is 2.24. The van der Waals surface area contributed by atoms with E-state index in [1.807, 2.05) is 49.4 Å². The first-order valence-electron chi connectivity index (χ1n) is 9.09. The molecule has 1 aliphatic rings. The maximum atomic E-state index is 12.5. The van der Waals surface area contributed by atoms with Crippen molar-refractivity contribution < 1.29 is 4.79 Å². The Kier molecular flexibility index (Phi) is 6.49. The highest BCUT2D eigenvalue weighted by molar-refractivity contribution is 9.10. The number of para-hydroxylation sites is 1. The predicted octanol–water partition coefficient (Wildman–Crippen LogP) is 3.78. The fourth-order valence-corrected chi connectivity index (χ4v) is 3.92. The number of benzene rings is 2. The quantitative estimate of drug-likeness (QED) is 0.807. The summed E-state index contributed by atoms with van der Waals surface area (Å²) in [4.78, 5) is 16.9. The lowest BCUT2D eigenvalue weighted by molar-refractivity contribution is -0.117. The molecule has 6 heteroatoms. The molecule has 0 radical (unpaired) electrons. The minimum atomic E-state index is -0.00886. The Morgan fingerprint density at radius 2 is 2.00 bits per heavy atom. The normalized spacial score (nSPS) is 15.1. The molecule has 0 aromatic heterocycles. The number of nitriles is 1. The topological polar surface area (TPSA) is 59.4 Å². The second kappa shape index (κ2) is 9.03. The number of carbonyl (C=O) groups excluding carboxylic acids is 1. The van der Waals surface area contributed by atoms with Crippen molar-refractivity contribution in [2.45, 2.75) is 13.3 Å². The molecule has 1 heterocycles. The lowest BCUT2D eigenvalue weighted by Crippen LogP contribution is -2.36. The molecule has 27 heavy (non-hydrogen) atoms. The lowest BCUT2D eigenvalue weighted by Gasteiger charge is -2.24. The summed E-state index contributed by atoms with van der Waals surface area (Å²) in [7, 11) is 0. The number of anilines is 2. The maximum absolute atomic E-state index is 12.5. The van der Waals surface area contributed by atoms with Crippen LogP contribution in [0.4, 0.5) is 11.4 Å². The van der Waals surface area contributed by atoms with Crippen molar-refractivity contribution in [2.75, 3.05) is 42.9 Å². The number of hydrogen-bond donors (Lipinski definition) is 1. The SMILES string of the molecule is Cc1ccc(NC(=O)CN2CCCN(c3ccccc3C#N)CC2)c(Br)c1. The average molecular weight is 427 g/mol. The molecule has 1 N–H and O–H groups in total. The Balaban J connectivity index is 1.58. The van der Waals surface area contributed by atoms with E-state index in [0.717, 1.165) is 54.0 Å². The van der Waals surface area contributed by atoms with Gasteiger partial charge in [-0.2, -0.15) is 5.26 Å². The number of hydrogen-bond acceptors (Lipinski definition) is 4. The first-order valence-corrected chi connectivity index (χ1v) is 9.88. The number of aryl methyl sites for hydroxylation is 1. The van der Waals surface area contributed by atoms with Gasteiger partial charge in [-0.1, -0.05) is 18.2 Å². The molecule has 5 nitrogen and oxygen atoms in total. The average Bonchev–Trinajstić information content (AvgIpc) is 2.89. The van der Waals surface area contributed by atoms with Crippen molar-refractivity contribution in [3.8, 4) is 6.07 Å². The van der Waals surface area contributed by atoms with Crippen LogP contribution in [0.25, 0.3) is 0 Å². The molecule has 2 aromatic carbocycles. The zero-order valence-electron chi connectivity index (χ0n) is 15.4. The summed E-state index contributed by atoms with van der Waals surface area (Å²) >= 11 is 3.50. The Labute approximate surface area is 168 Å². The molecule has 0 atom stereocenters. The lowest BCUT2D eigenvalue weighted by atomic mass is 10.1. The predicted molar refractivity (Wildman–Crippen MR) is 112 cm³/mol. The highest BCUT2D eigenvalue weighted by Gasteiger charge is 2.19. The second-order valence-corrected chi connectivity index (χ2v) is 7.63. The summed E-state index contributed by atoms with van der Waals surface area (Å²) < 4.78 is 0.894. The van der Waals surface area contributed by atoms with E-state index >= 15 is 0 Å². The molecular formula is C21H23BrN4O. The van der Waals surface area contributed by atoms with Crippen molar-refractivity contribution in [2.24, 2.45) is 0 Å². The van der Waals surface area contributed by atoms with Gasteiger partial charge < -0.3 is 10.2 Å². The molecule has 0 saturated carbocycles. The number of rotatable bonds is 4. The molecule has 2 aromatic rings. The molecule has 0 spiro atoms. The molecule has 140 valence electrons. The van der Waals surface area contributed by atoms with Gasteiger partial charge in [-0.25, -0.2) is 0 Å². The summed E-state index contributed by atoms with van der Waals surface area (Å²) in [5.41, 5.74) is 3.62. The van der Waals surface area contributed by atoms with E-state index in [9.17, 15) is 10.1 Å². The molecule has 0 bridgehead atoms. The zero-order chi connectivity index (χ0) is 19.2. The van der Waals surface area contributed by atoms with E-state index in [1.54, 1.807) is 0 Å². The highest BCUT2D eigenvalue weighted by atomic mass is 79.9. The van der Waals surface area contributed by atoms with Crippen LogP contribution in [0, 0.1) is 18.3 Å². The maximum Gasteiger partial charge on any atom is 0.238 e. The molecule has 1 aliphatic heterocycles. The third-order valence-corrected chi connectivity index (χ3v) is 5.38. The van der Waals surface area contributed by atoms with Gasteiger partial charge in [0.15, 0.2) is 0 Å². The van der Waals surface area contributed by atoms with Crippen molar-refractivity contribution in [1.82, 2.24) is 4.90 Å². The van der Waals surface area contributed by atoms with E-state index in [0.29, 0.717) is 12.1 Å². The van der Waals surface area contributed by atoms with Gasteiger partial charge in [-0.3, -0.25) is 9.69 Å². The minimum Gasteiger partial charge on any atom is -0.369 e. The van der Waals surface area contributed by atoms with Crippen LogP contribution in [0.3, 0.4) is 0 Å². The van der Waals surface area contributed by atoms with Crippen LogP contribution >= 0.6 is 15.9 Å². The fourth-order valence-electron chi connectivity index (χ4n) is 3.33. The third-order valence-electron chi connectivity index (χ3n) is 4.72. The van der Waals surface area contributed by atoms with Gasteiger partial charge in [0.2, 0.25) is 5.91 Å². The standard InChI is InChI=1S/C21H23BrN4O/c1-16-7-8-19(18(22)13-16)24-21(27)15-25-9-4-10-26(12-11-25)20-6-3-2-5-17(20)14-23/h2-3,5-8,13H,4,9-12,15H2,1H3,(H,24,27). The molecule has 0 unspecified atom stereocenters. The van der Waals surface area contributed by atoms with Crippen LogP contribution in [0.2, 0.25) is 0 Å². The molecule has 3 rings (SSSR count). The molecule has 1 fully saturated rings. The smallest absolute Gasteiger partial charge is 0.238 e. The van der Waals surface area contributed by atoms with Gasteiger partial charge in [0.1, 0.15) is 6.07 Å². The Morgan fingerprint density at radius 3 is 2.78 bits per heavy atom. The molecule has 1 saturated heterocycles. The van der Waals surface area contributed by atoms with Crippen molar-refractivity contribution >= 4 is 33.2 Å². The van der Waals surface area contributed by atoms with Crippen LogP contribution in [0.5, 0.6) is 0 Å². The largest absolute Gasteiger partial charge is 0.369 e. The number of carbonyl (C=O) groups is 1. The van der Waals surface area contributed by atoms with E-state index in [1.165, 1.54) is 0 Å². The Hall–Kier alpha value is -2.36. The van der Waals surface area contributed by atoms with Crippen LogP contribution in [-0.2, 0) is 4.79 Å². The van der Waals surface area contributed by atoms with Crippen molar-refractivity contribution in [3.63, 3.8) is 0 Å². The van der Waals surface area contributed by atoms with Crippen molar-refractivity contribution in [3.05, 3.63) is 58.1 Å².